The Balaban J connectivity index is 1.74. The summed E-state index contributed by atoms with van der Waals surface area (Å²) < 4.78 is 0. The van der Waals surface area contributed by atoms with E-state index in [1.807, 2.05) is 12.2 Å². The summed E-state index contributed by atoms with van der Waals surface area (Å²) >= 11 is 13.6. The standard InChI is InChI=1S/C16H14Cl2O2/c17-15-9-3-1-7(5-9)11(15)13(19)16(18)10-4-2-8(6-10)12(16)14(15)20/h1-4,7-12H,5-6H2/t7-,8-,9-,10-,11-,12+,15+,16+/m0/s1. The molecule has 0 spiro atoms. The second-order valence-corrected chi connectivity index (χ2v) is 8.25. The van der Waals surface area contributed by atoms with Gasteiger partial charge in [-0.25, -0.2) is 0 Å². The Bertz CT molecular complexity index is 570. The van der Waals surface area contributed by atoms with Gasteiger partial charge in [0, 0.05) is 11.8 Å². The van der Waals surface area contributed by atoms with Crippen molar-refractivity contribution < 1.29 is 9.59 Å². The van der Waals surface area contributed by atoms with Crippen molar-refractivity contribution in [3.8, 4) is 0 Å². The number of carbonyl (C=O) groups excluding carboxylic acids is 2. The molecule has 3 saturated carbocycles. The van der Waals surface area contributed by atoms with Gasteiger partial charge in [0.1, 0.15) is 9.75 Å². The zero-order valence-electron chi connectivity index (χ0n) is 10.8. The first-order valence-electron chi connectivity index (χ1n) is 7.32. The fourth-order valence-corrected chi connectivity index (χ4v) is 6.66. The van der Waals surface area contributed by atoms with E-state index in [0.29, 0.717) is 0 Å². The fourth-order valence-electron chi connectivity index (χ4n) is 5.58. The minimum absolute atomic E-state index is 0.0138. The summed E-state index contributed by atoms with van der Waals surface area (Å²) in [6.45, 7) is 0. The first kappa shape index (κ1) is 12.0. The van der Waals surface area contributed by atoms with Gasteiger partial charge in [-0.2, -0.15) is 0 Å². The number of hydrogen-bond donors (Lipinski definition) is 0. The third-order valence-electron chi connectivity index (χ3n) is 6.39. The largest absolute Gasteiger partial charge is 0.297 e. The Kier molecular flexibility index (Phi) is 1.95. The van der Waals surface area contributed by atoms with Gasteiger partial charge in [-0.3, -0.25) is 9.59 Å². The number of Topliss-reactive ketones (excluding diaryl/α,β-unsaturated/α-hetero) is 2. The number of rotatable bonds is 0. The number of fused-ring (bicyclic) bond motifs is 10. The highest BCUT2D eigenvalue weighted by molar-refractivity contribution is 6.46. The van der Waals surface area contributed by atoms with Crippen LogP contribution < -0.4 is 0 Å². The van der Waals surface area contributed by atoms with Crippen molar-refractivity contribution >= 4 is 34.8 Å². The zero-order chi connectivity index (χ0) is 13.9. The van der Waals surface area contributed by atoms with Crippen LogP contribution in [0, 0.1) is 35.5 Å². The van der Waals surface area contributed by atoms with E-state index in [4.69, 9.17) is 23.2 Å². The van der Waals surface area contributed by atoms with Crippen LogP contribution in [0.2, 0.25) is 0 Å². The third kappa shape index (κ3) is 0.972. The highest BCUT2D eigenvalue weighted by Gasteiger charge is 2.76. The first-order valence-corrected chi connectivity index (χ1v) is 8.07. The first-order chi connectivity index (χ1) is 9.49. The van der Waals surface area contributed by atoms with Crippen LogP contribution >= 0.6 is 23.2 Å². The minimum atomic E-state index is -1.02. The van der Waals surface area contributed by atoms with E-state index in [-0.39, 0.29) is 35.2 Å². The molecule has 0 N–H and O–H groups in total. The molecular formula is C16H14Cl2O2. The van der Waals surface area contributed by atoms with E-state index < -0.39 is 21.6 Å². The SMILES string of the molecule is O=C1[C@@H]2[C@H]3C=C[C@@H](C3)[C@]2(Cl)C(=O)[C@H]2[C@H]3C=C[C@@H](C3)[C@]12Cl. The molecule has 2 nitrogen and oxygen atoms in total. The Hall–Kier alpha value is -0.600. The number of allylic oxidation sites excluding steroid dienone is 4. The molecule has 0 unspecified atom stereocenters. The van der Waals surface area contributed by atoms with Crippen LogP contribution in [0.4, 0.5) is 0 Å². The molecule has 104 valence electrons. The summed E-state index contributed by atoms with van der Waals surface area (Å²) in [5.74, 6) is -0.511. The van der Waals surface area contributed by atoms with E-state index in [0.717, 1.165) is 12.8 Å². The quantitative estimate of drug-likeness (QED) is 0.509. The summed E-state index contributed by atoms with van der Waals surface area (Å²) in [7, 11) is 0. The van der Waals surface area contributed by atoms with Gasteiger partial charge in [0.25, 0.3) is 0 Å². The smallest absolute Gasteiger partial charge is 0.161 e. The predicted molar refractivity (Wildman–Crippen MR) is 75.6 cm³/mol. The third-order valence-corrected chi connectivity index (χ3v) is 7.80. The van der Waals surface area contributed by atoms with Crippen molar-refractivity contribution in [2.45, 2.75) is 22.6 Å². The molecule has 5 aliphatic carbocycles. The molecule has 0 amide bonds. The minimum Gasteiger partial charge on any atom is -0.297 e. The van der Waals surface area contributed by atoms with Crippen LogP contribution in [-0.4, -0.2) is 21.3 Å². The lowest BCUT2D eigenvalue weighted by molar-refractivity contribution is -0.144. The highest BCUT2D eigenvalue weighted by Crippen LogP contribution is 2.67. The van der Waals surface area contributed by atoms with Crippen LogP contribution in [0.25, 0.3) is 0 Å². The van der Waals surface area contributed by atoms with E-state index in [1.54, 1.807) is 0 Å². The van der Waals surface area contributed by atoms with Gasteiger partial charge < -0.3 is 0 Å². The lowest BCUT2D eigenvalue weighted by Gasteiger charge is -2.49. The molecule has 0 aromatic heterocycles. The van der Waals surface area contributed by atoms with Gasteiger partial charge in [-0.15, -0.1) is 23.2 Å². The summed E-state index contributed by atoms with van der Waals surface area (Å²) in [6, 6.07) is 0. The molecule has 4 heteroatoms. The molecule has 4 bridgehead atoms. The lowest BCUT2D eigenvalue weighted by Crippen LogP contribution is -2.65. The van der Waals surface area contributed by atoms with Crippen LogP contribution in [-0.2, 0) is 9.59 Å². The molecular weight excluding hydrogens is 295 g/mol. The molecule has 5 aliphatic rings. The second kappa shape index (κ2) is 3.25. The molecule has 5 rings (SSSR count). The monoisotopic (exact) mass is 308 g/mol. The number of ketones is 2. The topological polar surface area (TPSA) is 34.1 Å². The molecule has 0 aromatic carbocycles. The van der Waals surface area contributed by atoms with E-state index in [9.17, 15) is 9.59 Å². The highest BCUT2D eigenvalue weighted by atomic mass is 35.5. The van der Waals surface area contributed by atoms with E-state index >= 15 is 0 Å². The maximum absolute atomic E-state index is 13.1. The van der Waals surface area contributed by atoms with Gasteiger partial charge in [0.2, 0.25) is 0 Å². The lowest BCUT2D eigenvalue weighted by atomic mass is 9.59. The van der Waals surface area contributed by atoms with Crippen molar-refractivity contribution in [2.24, 2.45) is 35.5 Å². The Morgan fingerprint density at radius 1 is 0.800 bits per heavy atom. The fraction of sp³-hybridized carbons (Fsp3) is 0.625. The van der Waals surface area contributed by atoms with Crippen molar-refractivity contribution in [1.82, 2.24) is 0 Å². The van der Waals surface area contributed by atoms with Crippen molar-refractivity contribution in [2.75, 3.05) is 0 Å². The van der Waals surface area contributed by atoms with Gasteiger partial charge in [-0.05, 0) is 24.7 Å². The number of alkyl halides is 2. The zero-order valence-corrected chi connectivity index (χ0v) is 12.3. The molecule has 3 fully saturated rings. The molecule has 0 aromatic rings. The Morgan fingerprint density at radius 2 is 1.20 bits per heavy atom. The van der Waals surface area contributed by atoms with Gasteiger partial charge in [0.15, 0.2) is 11.6 Å². The van der Waals surface area contributed by atoms with Crippen molar-refractivity contribution in [1.29, 1.82) is 0 Å². The van der Waals surface area contributed by atoms with E-state index in [2.05, 4.69) is 12.2 Å². The average Bonchev–Trinajstić information content (AvgIpc) is 3.14. The normalized spacial score (nSPS) is 61.3. The summed E-state index contributed by atoms with van der Waals surface area (Å²) in [5, 5.41) is 0. The van der Waals surface area contributed by atoms with Crippen molar-refractivity contribution in [3.05, 3.63) is 24.3 Å². The second-order valence-electron chi connectivity index (χ2n) is 7.00. The predicted octanol–water partition coefficient (Wildman–Crippen LogP) is 2.74. The summed E-state index contributed by atoms with van der Waals surface area (Å²) in [4.78, 5) is 24.2. The van der Waals surface area contributed by atoms with E-state index in [1.165, 1.54) is 0 Å². The van der Waals surface area contributed by atoms with Crippen LogP contribution in [0.1, 0.15) is 12.8 Å². The number of hydrogen-bond acceptors (Lipinski definition) is 2. The average molecular weight is 309 g/mol. The Labute approximate surface area is 127 Å². The Morgan fingerprint density at radius 3 is 1.60 bits per heavy atom. The molecule has 0 radical (unpaired) electrons. The van der Waals surface area contributed by atoms with Gasteiger partial charge in [0.05, 0.1) is 11.8 Å². The van der Waals surface area contributed by atoms with Crippen LogP contribution in [0.15, 0.2) is 24.3 Å². The summed E-state index contributed by atoms with van der Waals surface area (Å²) in [6.07, 6.45) is 9.84. The number of halogens is 2. The number of carbonyl (C=O) groups is 2. The molecule has 0 saturated heterocycles. The molecule has 0 aliphatic heterocycles. The maximum Gasteiger partial charge on any atom is 0.161 e. The summed E-state index contributed by atoms with van der Waals surface area (Å²) in [5.41, 5.74) is 0. The van der Waals surface area contributed by atoms with Gasteiger partial charge >= 0.3 is 0 Å². The van der Waals surface area contributed by atoms with Crippen LogP contribution in [0.5, 0.6) is 0 Å². The van der Waals surface area contributed by atoms with Crippen molar-refractivity contribution in [3.63, 3.8) is 0 Å². The van der Waals surface area contributed by atoms with Gasteiger partial charge in [-0.1, -0.05) is 24.3 Å². The molecule has 8 atom stereocenters. The van der Waals surface area contributed by atoms with Crippen LogP contribution in [0.3, 0.4) is 0 Å². The maximum atomic E-state index is 13.1. The molecule has 20 heavy (non-hydrogen) atoms. The molecule has 0 heterocycles.